The molecule has 2 unspecified atom stereocenters. The normalized spacial score (nSPS) is 23.3. The van der Waals surface area contributed by atoms with Crippen LogP contribution in [-0.4, -0.2) is 25.7 Å². The smallest absolute Gasteiger partial charge is 0.0366 e. The highest BCUT2D eigenvalue weighted by Gasteiger charge is 2.21. The van der Waals surface area contributed by atoms with Gasteiger partial charge in [0.05, 0.1) is 0 Å². The molecule has 19 heavy (non-hydrogen) atoms. The molecule has 1 aliphatic rings. The van der Waals surface area contributed by atoms with Gasteiger partial charge in [-0.3, -0.25) is 0 Å². The molecule has 0 aliphatic carbocycles. The summed E-state index contributed by atoms with van der Waals surface area (Å²) in [6.45, 7) is 10.1. The molecule has 0 spiro atoms. The number of anilines is 1. The van der Waals surface area contributed by atoms with E-state index in [1.54, 1.807) is 0 Å². The zero-order valence-electron chi connectivity index (χ0n) is 12.7. The fourth-order valence-electron chi connectivity index (χ4n) is 3.04. The van der Waals surface area contributed by atoms with Crippen LogP contribution in [0.2, 0.25) is 0 Å². The van der Waals surface area contributed by atoms with Crippen molar-refractivity contribution in [2.24, 2.45) is 5.92 Å². The second-order valence-corrected chi connectivity index (χ2v) is 5.82. The quantitative estimate of drug-likeness (QED) is 0.870. The van der Waals surface area contributed by atoms with Gasteiger partial charge in [0.15, 0.2) is 0 Å². The Morgan fingerprint density at radius 3 is 2.58 bits per heavy atom. The summed E-state index contributed by atoms with van der Waals surface area (Å²) in [5, 5.41) is 3.69. The average molecular weight is 260 g/mol. The zero-order chi connectivity index (χ0) is 13.7. The standard InChI is InChI=1S/C17H28N2/c1-4-15-10-11-18-16(12-15)13-19(5-2)17-8-6-14(3)7-9-17/h6-9,15-16,18H,4-5,10-13H2,1-3H3. The van der Waals surface area contributed by atoms with Crippen LogP contribution in [0.4, 0.5) is 5.69 Å². The van der Waals surface area contributed by atoms with Crippen molar-refractivity contribution in [1.82, 2.24) is 5.32 Å². The summed E-state index contributed by atoms with van der Waals surface area (Å²) >= 11 is 0. The van der Waals surface area contributed by atoms with E-state index in [0.29, 0.717) is 6.04 Å². The van der Waals surface area contributed by atoms with Gasteiger partial charge in [0.2, 0.25) is 0 Å². The molecular weight excluding hydrogens is 232 g/mol. The molecule has 0 radical (unpaired) electrons. The predicted molar refractivity (Wildman–Crippen MR) is 83.9 cm³/mol. The summed E-state index contributed by atoms with van der Waals surface area (Å²) in [4.78, 5) is 2.50. The second kappa shape index (κ2) is 6.95. The maximum atomic E-state index is 3.69. The van der Waals surface area contributed by atoms with E-state index in [4.69, 9.17) is 0 Å². The monoisotopic (exact) mass is 260 g/mol. The number of hydrogen-bond donors (Lipinski definition) is 1. The van der Waals surface area contributed by atoms with Crippen LogP contribution in [-0.2, 0) is 0 Å². The van der Waals surface area contributed by atoms with Crippen molar-refractivity contribution < 1.29 is 0 Å². The Hall–Kier alpha value is -1.02. The van der Waals surface area contributed by atoms with Crippen LogP contribution < -0.4 is 10.2 Å². The number of likely N-dealkylation sites (N-methyl/N-ethyl adjacent to an activating group) is 1. The number of rotatable bonds is 5. The number of aryl methyl sites for hydroxylation is 1. The number of nitrogens with one attached hydrogen (secondary N) is 1. The Morgan fingerprint density at radius 1 is 1.21 bits per heavy atom. The molecule has 2 atom stereocenters. The number of benzene rings is 1. The Morgan fingerprint density at radius 2 is 1.95 bits per heavy atom. The van der Waals surface area contributed by atoms with Crippen LogP contribution in [0.25, 0.3) is 0 Å². The van der Waals surface area contributed by atoms with E-state index in [1.165, 1.54) is 37.1 Å². The van der Waals surface area contributed by atoms with Gasteiger partial charge in [-0.05, 0) is 51.3 Å². The van der Waals surface area contributed by atoms with Crippen molar-refractivity contribution in [3.8, 4) is 0 Å². The molecule has 1 N–H and O–H groups in total. The summed E-state index contributed by atoms with van der Waals surface area (Å²) < 4.78 is 0. The lowest BCUT2D eigenvalue weighted by Crippen LogP contribution is -2.46. The molecule has 2 rings (SSSR count). The molecule has 1 aromatic carbocycles. The predicted octanol–water partition coefficient (Wildman–Crippen LogP) is 3.60. The first kappa shape index (κ1) is 14.4. The summed E-state index contributed by atoms with van der Waals surface area (Å²) in [5.41, 5.74) is 2.69. The zero-order valence-corrected chi connectivity index (χ0v) is 12.7. The number of piperidine rings is 1. The number of hydrogen-bond acceptors (Lipinski definition) is 2. The topological polar surface area (TPSA) is 15.3 Å². The van der Waals surface area contributed by atoms with Crippen molar-refractivity contribution in [3.63, 3.8) is 0 Å². The Balaban J connectivity index is 1.96. The van der Waals surface area contributed by atoms with Gasteiger partial charge in [0.25, 0.3) is 0 Å². The Kier molecular flexibility index (Phi) is 5.26. The first-order valence-electron chi connectivity index (χ1n) is 7.78. The minimum atomic E-state index is 0.653. The molecule has 0 aromatic heterocycles. The molecule has 1 aliphatic heterocycles. The maximum Gasteiger partial charge on any atom is 0.0366 e. The molecule has 1 heterocycles. The van der Waals surface area contributed by atoms with E-state index in [1.807, 2.05) is 0 Å². The third-order valence-corrected chi connectivity index (χ3v) is 4.40. The molecule has 0 amide bonds. The molecule has 0 saturated carbocycles. The maximum absolute atomic E-state index is 3.69. The van der Waals surface area contributed by atoms with E-state index in [-0.39, 0.29) is 0 Å². The molecule has 1 saturated heterocycles. The van der Waals surface area contributed by atoms with Crippen molar-refractivity contribution in [1.29, 1.82) is 0 Å². The minimum absolute atomic E-state index is 0.653. The van der Waals surface area contributed by atoms with Crippen LogP contribution in [0.15, 0.2) is 24.3 Å². The first-order valence-corrected chi connectivity index (χ1v) is 7.78. The summed E-state index contributed by atoms with van der Waals surface area (Å²) in [7, 11) is 0. The van der Waals surface area contributed by atoms with Gasteiger partial charge >= 0.3 is 0 Å². The fraction of sp³-hybridized carbons (Fsp3) is 0.647. The van der Waals surface area contributed by atoms with Gasteiger partial charge < -0.3 is 10.2 Å². The van der Waals surface area contributed by atoms with E-state index in [0.717, 1.165) is 19.0 Å². The van der Waals surface area contributed by atoms with Crippen LogP contribution in [0.3, 0.4) is 0 Å². The minimum Gasteiger partial charge on any atom is -0.370 e. The van der Waals surface area contributed by atoms with Gasteiger partial charge in [0.1, 0.15) is 0 Å². The van der Waals surface area contributed by atoms with E-state index in [2.05, 4.69) is 55.3 Å². The molecule has 1 fully saturated rings. The van der Waals surface area contributed by atoms with Gasteiger partial charge in [-0.1, -0.05) is 31.0 Å². The molecule has 1 aromatic rings. The summed E-state index contributed by atoms with van der Waals surface area (Å²) in [5.74, 6) is 0.919. The van der Waals surface area contributed by atoms with Crippen LogP contribution in [0.5, 0.6) is 0 Å². The van der Waals surface area contributed by atoms with E-state index >= 15 is 0 Å². The highest BCUT2D eigenvalue weighted by molar-refractivity contribution is 5.47. The lowest BCUT2D eigenvalue weighted by molar-refractivity contribution is 0.296. The first-order chi connectivity index (χ1) is 9.22. The SMILES string of the molecule is CCC1CCNC(CN(CC)c2ccc(C)cc2)C1. The van der Waals surface area contributed by atoms with E-state index in [9.17, 15) is 0 Å². The lowest BCUT2D eigenvalue weighted by atomic mass is 9.90. The summed E-state index contributed by atoms with van der Waals surface area (Å²) in [6, 6.07) is 9.57. The van der Waals surface area contributed by atoms with Gasteiger partial charge in [-0.25, -0.2) is 0 Å². The average Bonchev–Trinajstić information content (AvgIpc) is 2.46. The van der Waals surface area contributed by atoms with E-state index < -0.39 is 0 Å². The second-order valence-electron chi connectivity index (χ2n) is 5.82. The molecule has 0 bridgehead atoms. The Labute approximate surface area is 118 Å². The van der Waals surface area contributed by atoms with Gasteiger partial charge in [-0.2, -0.15) is 0 Å². The van der Waals surface area contributed by atoms with Crippen LogP contribution >= 0.6 is 0 Å². The number of nitrogens with zero attached hydrogens (tertiary/aromatic N) is 1. The summed E-state index contributed by atoms with van der Waals surface area (Å²) in [6.07, 6.45) is 4.01. The third-order valence-electron chi connectivity index (χ3n) is 4.40. The molecule has 2 nitrogen and oxygen atoms in total. The molecular formula is C17H28N2. The lowest BCUT2D eigenvalue weighted by Gasteiger charge is -2.34. The Bertz CT molecular complexity index is 371. The van der Waals surface area contributed by atoms with Crippen molar-refractivity contribution in [3.05, 3.63) is 29.8 Å². The fourth-order valence-corrected chi connectivity index (χ4v) is 3.04. The van der Waals surface area contributed by atoms with Crippen LogP contribution in [0.1, 0.15) is 38.7 Å². The molecule has 106 valence electrons. The third kappa shape index (κ3) is 3.97. The van der Waals surface area contributed by atoms with Gasteiger partial charge in [-0.15, -0.1) is 0 Å². The largest absolute Gasteiger partial charge is 0.370 e. The highest BCUT2D eigenvalue weighted by Crippen LogP contribution is 2.22. The van der Waals surface area contributed by atoms with Gasteiger partial charge in [0, 0.05) is 24.8 Å². The van der Waals surface area contributed by atoms with Crippen molar-refractivity contribution in [2.45, 2.75) is 46.1 Å². The van der Waals surface area contributed by atoms with Crippen LogP contribution in [0, 0.1) is 12.8 Å². The van der Waals surface area contributed by atoms with Crippen molar-refractivity contribution in [2.75, 3.05) is 24.5 Å². The highest BCUT2D eigenvalue weighted by atomic mass is 15.2. The van der Waals surface area contributed by atoms with Crippen molar-refractivity contribution >= 4 is 5.69 Å². The molecule has 2 heteroatoms.